The standard InChI is InChI=1S/C16H11NO2/c18-15-16(19,11-10-12-6-2-1-3-7-12)13-8-4-5-9-14(13)17-15/h1-9,19H,(H,17,18). The van der Waals surface area contributed by atoms with Gasteiger partial charge in [0.15, 0.2) is 0 Å². The van der Waals surface area contributed by atoms with Gasteiger partial charge in [-0.15, -0.1) is 0 Å². The van der Waals surface area contributed by atoms with Gasteiger partial charge in [0.2, 0.25) is 5.60 Å². The fraction of sp³-hybridized carbons (Fsp3) is 0.0625. The minimum absolute atomic E-state index is 0.503. The van der Waals surface area contributed by atoms with Crippen molar-refractivity contribution < 1.29 is 9.90 Å². The summed E-state index contributed by atoms with van der Waals surface area (Å²) in [6, 6.07) is 16.3. The molecule has 1 aliphatic heterocycles. The van der Waals surface area contributed by atoms with Gasteiger partial charge in [0.25, 0.3) is 5.91 Å². The van der Waals surface area contributed by atoms with E-state index in [4.69, 9.17) is 0 Å². The summed E-state index contributed by atoms with van der Waals surface area (Å²) in [6.07, 6.45) is 0. The number of amides is 1. The number of hydrogen-bond donors (Lipinski definition) is 2. The summed E-state index contributed by atoms with van der Waals surface area (Å²) in [4.78, 5) is 11.9. The number of rotatable bonds is 0. The van der Waals surface area contributed by atoms with Crippen molar-refractivity contribution in [2.45, 2.75) is 5.60 Å². The maximum atomic E-state index is 11.9. The third-order valence-corrected chi connectivity index (χ3v) is 3.06. The average molecular weight is 249 g/mol. The maximum absolute atomic E-state index is 11.9. The third-order valence-electron chi connectivity index (χ3n) is 3.06. The number of carbonyl (C=O) groups is 1. The van der Waals surface area contributed by atoms with Crippen LogP contribution >= 0.6 is 0 Å². The van der Waals surface area contributed by atoms with Crippen LogP contribution in [0.25, 0.3) is 0 Å². The highest BCUT2D eigenvalue weighted by molar-refractivity contribution is 6.07. The number of fused-ring (bicyclic) bond motifs is 1. The lowest BCUT2D eigenvalue weighted by atomic mass is 9.96. The van der Waals surface area contributed by atoms with Gasteiger partial charge in [-0.25, -0.2) is 0 Å². The first kappa shape index (κ1) is 11.5. The summed E-state index contributed by atoms with van der Waals surface area (Å²) in [5.74, 6) is 5.01. The van der Waals surface area contributed by atoms with Crippen molar-refractivity contribution in [3.05, 3.63) is 65.7 Å². The first-order chi connectivity index (χ1) is 9.20. The van der Waals surface area contributed by atoms with Crippen molar-refractivity contribution in [1.29, 1.82) is 0 Å². The fourth-order valence-electron chi connectivity index (χ4n) is 2.05. The zero-order valence-corrected chi connectivity index (χ0v) is 10.1. The predicted octanol–water partition coefficient (Wildman–Crippen LogP) is 1.88. The van der Waals surface area contributed by atoms with E-state index in [1.807, 2.05) is 30.3 Å². The molecule has 0 bridgehead atoms. The SMILES string of the molecule is O=C1Nc2ccccc2C1(O)C#Cc1ccccc1. The molecule has 1 amide bonds. The molecule has 92 valence electrons. The van der Waals surface area contributed by atoms with Crippen LogP contribution in [0.1, 0.15) is 11.1 Å². The summed E-state index contributed by atoms with van der Waals surface area (Å²) in [5, 5.41) is 13.1. The summed E-state index contributed by atoms with van der Waals surface area (Å²) in [6.45, 7) is 0. The molecule has 1 aliphatic rings. The molecule has 0 aliphatic carbocycles. The Labute approximate surface area is 110 Å². The summed E-state index contributed by atoms with van der Waals surface area (Å²) < 4.78 is 0. The largest absolute Gasteiger partial charge is 0.366 e. The van der Waals surface area contributed by atoms with Crippen LogP contribution in [0.15, 0.2) is 54.6 Å². The molecule has 1 unspecified atom stereocenters. The zero-order valence-electron chi connectivity index (χ0n) is 10.1. The minimum Gasteiger partial charge on any atom is -0.366 e. The summed E-state index contributed by atoms with van der Waals surface area (Å²) >= 11 is 0. The summed E-state index contributed by atoms with van der Waals surface area (Å²) in [5.41, 5.74) is 0.0980. The van der Waals surface area contributed by atoms with Crippen molar-refractivity contribution in [1.82, 2.24) is 0 Å². The van der Waals surface area contributed by atoms with E-state index in [-0.39, 0.29) is 0 Å². The van der Waals surface area contributed by atoms with Crippen molar-refractivity contribution in [3.63, 3.8) is 0 Å². The van der Waals surface area contributed by atoms with Gasteiger partial charge < -0.3 is 10.4 Å². The van der Waals surface area contributed by atoms with Crippen LogP contribution in [0.2, 0.25) is 0 Å². The molecule has 19 heavy (non-hydrogen) atoms. The smallest absolute Gasteiger partial charge is 0.274 e. The van der Waals surface area contributed by atoms with Gasteiger partial charge in [0.1, 0.15) is 0 Å². The van der Waals surface area contributed by atoms with E-state index in [1.54, 1.807) is 24.3 Å². The molecule has 3 nitrogen and oxygen atoms in total. The van der Waals surface area contributed by atoms with Gasteiger partial charge >= 0.3 is 0 Å². The lowest BCUT2D eigenvalue weighted by Crippen LogP contribution is -2.32. The number of carbonyl (C=O) groups excluding carboxylic acids is 1. The molecule has 0 saturated heterocycles. The Kier molecular flexibility index (Phi) is 2.59. The molecule has 2 aromatic carbocycles. The second-order valence-corrected chi connectivity index (χ2v) is 4.33. The number of hydrogen-bond acceptors (Lipinski definition) is 2. The number of anilines is 1. The van der Waals surface area contributed by atoms with Crippen molar-refractivity contribution in [3.8, 4) is 11.8 Å². The van der Waals surface area contributed by atoms with E-state index >= 15 is 0 Å². The predicted molar refractivity (Wildman–Crippen MR) is 72.3 cm³/mol. The Bertz CT molecular complexity index is 697. The van der Waals surface area contributed by atoms with E-state index in [0.717, 1.165) is 5.56 Å². The Morgan fingerprint density at radius 1 is 1.00 bits per heavy atom. The minimum atomic E-state index is -1.77. The van der Waals surface area contributed by atoms with Gasteiger partial charge in [-0.1, -0.05) is 42.3 Å². The van der Waals surface area contributed by atoms with Gasteiger partial charge in [-0.05, 0) is 24.1 Å². The quantitative estimate of drug-likeness (QED) is 0.700. The Morgan fingerprint density at radius 3 is 2.47 bits per heavy atom. The number of benzene rings is 2. The highest BCUT2D eigenvalue weighted by atomic mass is 16.3. The van der Waals surface area contributed by atoms with E-state index in [1.165, 1.54) is 0 Å². The van der Waals surface area contributed by atoms with E-state index in [9.17, 15) is 9.90 Å². The van der Waals surface area contributed by atoms with Crippen LogP contribution in [0.4, 0.5) is 5.69 Å². The Balaban J connectivity index is 2.05. The van der Waals surface area contributed by atoms with Crippen LogP contribution in [0.3, 0.4) is 0 Å². The van der Waals surface area contributed by atoms with E-state index < -0.39 is 11.5 Å². The molecule has 2 N–H and O–H groups in total. The first-order valence-corrected chi connectivity index (χ1v) is 5.92. The molecule has 0 saturated carbocycles. The highest BCUT2D eigenvalue weighted by Gasteiger charge is 2.43. The molecular weight excluding hydrogens is 238 g/mol. The molecule has 2 aromatic rings. The average Bonchev–Trinajstić information content (AvgIpc) is 2.71. The number of para-hydroxylation sites is 1. The van der Waals surface area contributed by atoms with Crippen molar-refractivity contribution >= 4 is 11.6 Å². The van der Waals surface area contributed by atoms with Crippen LogP contribution in [-0.4, -0.2) is 11.0 Å². The number of aliphatic hydroxyl groups is 1. The van der Waals surface area contributed by atoms with Crippen LogP contribution in [-0.2, 0) is 10.4 Å². The lowest BCUT2D eigenvalue weighted by Gasteiger charge is -2.12. The van der Waals surface area contributed by atoms with Crippen LogP contribution in [0.5, 0.6) is 0 Å². The van der Waals surface area contributed by atoms with Gasteiger partial charge in [0.05, 0.1) is 0 Å². The molecule has 3 heteroatoms. The molecule has 0 radical (unpaired) electrons. The van der Waals surface area contributed by atoms with Gasteiger partial charge in [0, 0.05) is 16.8 Å². The first-order valence-electron chi connectivity index (χ1n) is 5.92. The molecular formula is C16H11NO2. The van der Waals surface area contributed by atoms with E-state index in [0.29, 0.717) is 11.3 Å². The third kappa shape index (κ3) is 1.88. The Hall–Kier alpha value is -2.57. The lowest BCUT2D eigenvalue weighted by molar-refractivity contribution is -0.128. The molecule has 3 rings (SSSR count). The fourth-order valence-corrected chi connectivity index (χ4v) is 2.05. The Morgan fingerprint density at radius 2 is 1.68 bits per heavy atom. The topological polar surface area (TPSA) is 49.3 Å². The summed E-state index contributed by atoms with van der Waals surface area (Å²) in [7, 11) is 0. The normalized spacial score (nSPS) is 20.2. The van der Waals surface area contributed by atoms with E-state index in [2.05, 4.69) is 17.2 Å². The monoisotopic (exact) mass is 249 g/mol. The highest BCUT2D eigenvalue weighted by Crippen LogP contribution is 2.35. The van der Waals surface area contributed by atoms with Crippen LogP contribution in [0, 0.1) is 11.8 Å². The van der Waals surface area contributed by atoms with Gasteiger partial charge in [-0.2, -0.15) is 0 Å². The molecule has 1 atom stereocenters. The molecule has 0 fully saturated rings. The molecule has 0 spiro atoms. The van der Waals surface area contributed by atoms with Crippen molar-refractivity contribution in [2.75, 3.05) is 5.32 Å². The zero-order chi connectivity index (χ0) is 13.3. The molecule has 0 aromatic heterocycles. The van der Waals surface area contributed by atoms with Crippen LogP contribution < -0.4 is 5.32 Å². The maximum Gasteiger partial charge on any atom is 0.274 e. The second kappa shape index (κ2) is 4.27. The second-order valence-electron chi connectivity index (χ2n) is 4.33. The van der Waals surface area contributed by atoms with Gasteiger partial charge in [-0.3, -0.25) is 4.79 Å². The molecule has 1 heterocycles. The van der Waals surface area contributed by atoms with Crippen molar-refractivity contribution in [2.24, 2.45) is 0 Å². The number of nitrogens with one attached hydrogen (secondary N) is 1.